The number of carbonyl (C=O) groups is 2. The van der Waals surface area contributed by atoms with Crippen molar-refractivity contribution in [3.63, 3.8) is 0 Å². The Bertz CT molecular complexity index is 891. The van der Waals surface area contributed by atoms with Crippen LogP contribution in [0.25, 0.3) is 5.69 Å². The lowest BCUT2D eigenvalue weighted by molar-refractivity contribution is -0.136. The summed E-state index contributed by atoms with van der Waals surface area (Å²) in [6.45, 7) is 1.99. The Balaban J connectivity index is 2.19. The van der Waals surface area contributed by atoms with Gasteiger partial charge in [0.15, 0.2) is 5.69 Å². The van der Waals surface area contributed by atoms with Crippen molar-refractivity contribution >= 4 is 39.5 Å². The monoisotopic (exact) mass is 468 g/mol. The molecular formula is C20H22BrClN2O4. The number of nitrogens with zero attached hydrogens (tertiary/aromatic N) is 2. The van der Waals surface area contributed by atoms with E-state index in [9.17, 15) is 14.7 Å². The lowest BCUT2D eigenvalue weighted by Crippen LogP contribution is -2.13. The summed E-state index contributed by atoms with van der Waals surface area (Å²) >= 11 is 9.73. The number of aliphatic carboxylic acids is 1. The van der Waals surface area contributed by atoms with Gasteiger partial charge in [-0.05, 0) is 53.4 Å². The SMILES string of the molecule is CCOC(=O)c1nc(C2CCCCC2)n(-c2cc(Cl)ccc2CC(=O)O)c1Br. The number of esters is 1. The van der Waals surface area contributed by atoms with Gasteiger partial charge in [0.2, 0.25) is 0 Å². The smallest absolute Gasteiger partial charge is 0.359 e. The van der Waals surface area contributed by atoms with Crippen molar-refractivity contribution in [1.29, 1.82) is 0 Å². The molecule has 1 fully saturated rings. The molecule has 8 heteroatoms. The highest BCUT2D eigenvalue weighted by Gasteiger charge is 2.29. The Hall–Kier alpha value is -1.86. The second-order valence-corrected chi connectivity index (χ2v) is 8.03. The maximum Gasteiger partial charge on any atom is 0.359 e. The molecule has 1 heterocycles. The van der Waals surface area contributed by atoms with Gasteiger partial charge in [-0.1, -0.05) is 36.9 Å². The fourth-order valence-electron chi connectivity index (χ4n) is 3.67. The van der Waals surface area contributed by atoms with Crippen LogP contribution in [0.5, 0.6) is 0 Å². The lowest BCUT2D eigenvalue weighted by Gasteiger charge is -2.23. The third-order valence-electron chi connectivity index (χ3n) is 4.92. The lowest BCUT2D eigenvalue weighted by atomic mass is 9.88. The Morgan fingerprint density at radius 3 is 2.68 bits per heavy atom. The van der Waals surface area contributed by atoms with E-state index in [1.54, 1.807) is 25.1 Å². The average Bonchev–Trinajstić information content (AvgIpc) is 3.01. The van der Waals surface area contributed by atoms with Crippen LogP contribution in [0.3, 0.4) is 0 Å². The minimum atomic E-state index is -0.940. The number of ether oxygens (including phenoxy) is 1. The minimum Gasteiger partial charge on any atom is -0.481 e. The summed E-state index contributed by atoms with van der Waals surface area (Å²) in [6, 6.07) is 5.08. The summed E-state index contributed by atoms with van der Waals surface area (Å²) in [7, 11) is 0. The number of rotatable bonds is 6. The van der Waals surface area contributed by atoms with Crippen molar-refractivity contribution in [2.24, 2.45) is 0 Å². The summed E-state index contributed by atoms with van der Waals surface area (Å²) in [6.07, 6.45) is 5.17. The van der Waals surface area contributed by atoms with Crippen molar-refractivity contribution in [1.82, 2.24) is 9.55 Å². The molecule has 0 radical (unpaired) electrons. The van der Waals surface area contributed by atoms with Crippen LogP contribution in [-0.4, -0.2) is 33.2 Å². The molecule has 0 unspecified atom stereocenters. The molecule has 1 aliphatic rings. The minimum absolute atomic E-state index is 0.157. The van der Waals surface area contributed by atoms with E-state index in [0.29, 0.717) is 20.9 Å². The molecule has 0 bridgehead atoms. The van der Waals surface area contributed by atoms with Gasteiger partial charge in [-0.2, -0.15) is 0 Å². The first-order valence-corrected chi connectivity index (χ1v) is 10.5. The number of halogens is 2. The van der Waals surface area contributed by atoms with Crippen LogP contribution in [0.4, 0.5) is 0 Å². The number of carboxylic acids is 1. The van der Waals surface area contributed by atoms with E-state index in [4.69, 9.17) is 16.3 Å². The molecule has 1 aromatic carbocycles. The zero-order chi connectivity index (χ0) is 20.3. The highest BCUT2D eigenvalue weighted by Crippen LogP contribution is 2.37. The molecule has 0 atom stereocenters. The Morgan fingerprint density at radius 2 is 2.04 bits per heavy atom. The first-order valence-electron chi connectivity index (χ1n) is 9.38. The molecular weight excluding hydrogens is 448 g/mol. The maximum atomic E-state index is 12.4. The predicted molar refractivity (Wildman–Crippen MR) is 109 cm³/mol. The predicted octanol–water partition coefficient (Wildman–Crippen LogP) is 5.14. The van der Waals surface area contributed by atoms with Gasteiger partial charge in [-0.15, -0.1) is 0 Å². The van der Waals surface area contributed by atoms with E-state index < -0.39 is 11.9 Å². The second-order valence-electron chi connectivity index (χ2n) is 6.84. The first-order chi connectivity index (χ1) is 13.4. The number of benzene rings is 1. The highest BCUT2D eigenvalue weighted by atomic mass is 79.9. The van der Waals surface area contributed by atoms with Crippen LogP contribution in [0.2, 0.25) is 5.02 Å². The van der Waals surface area contributed by atoms with Crippen molar-refractivity contribution in [3.05, 3.63) is 44.9 Å². The van der Waals surface area contributed by atoms with Crippen LogP contribution in [-0.2, 0) is 16.0 Å². The number of aromatic nitrogens is 2. The summed E-state index contributed by atoms with van der Waals surface area (Å²) in [5.74, 6) is -0.523. The van der Waals surface area contributed by atoms with Gasteiger partial charge in [-0.3, -0.25) is 9.36 Å². The largest absolute Gasteiger partial charge is 0.481 e. The van der Waals surface area contributed by atoms with Crippen molar-refractivity contribution in [2.45, 2.75) is 51.4 Å². The molecule has 1 aromatic heterocycles. The van der Waals surface area contributed by atoms with E-state index in [1.807, 2.05) is 4.57 Å². The Morgan fingerprint density at radius 1 is 1.32 bits per heavy atom. The molecule has 1 N–H and O–H groups in total. The summed E-state index contributed by atoms with van der Waals surface area (Å²) in [4.78, 5) is 28.4. The van der Waals surface area contributed by atoms with E-state index in [0.717, 1.165) is 31.5 Å². The molecule has 0 amide bonds. The van der Waals surface area contributed by atoms with Crippen LogP contribution in [0, 0.1) is 0 Å². The first kappa shape index (κ1) is 20.9. The van der Waals surface area contributed by atoms with Gasteiger partial charge in [0.1, 0.15) is 10.4 Å². The fourth-order valence-corrected chi connectivity index (χ4v) is 4.46. The fraction of sp³-hybridized carbons (Fsp3) is 0.450. The molecule has 2 aromatic rings. The quantitative estimate of drug-likeness (QED) is 0.592. The zero-order valence-corrected chi connectivity index (χ0v) is 17.9. The number of carboxylic acid groups (broad SMARTS) is 1. The molecule has 0 saturated heterocycles. The topological polar surface area (TPSA) is 81.4 Å². The van der Waals surface area contributed by atoms with E-state index in [1.165, 1.54) is 6.42 Å². The number of carbonyl (C=O) groups excluding carboxylic acids is 1. The number of hydrogen-bond acceptors (Lipinski definition) is 4. The molecule has 1 aliphatic carbocycles. The third kappa shape index (κ3) is 4.41. The number of hydrogen-bond donors (Lipinski definition) is 1. The van der Waals surface area contributed by atoms with Gasteiger partial charge >= 0.3 is 11.9 Å². The molecule has 0 aliphatic heterocycles. The van der Waals surface area contributed by atoms with Gasteiger partial charge in [0.05, 0.1) is 18.7 Å². The molecule has 6 nitrogen and oxygen atoms in total. The van der Waals surface area contributed by atoms with Gasteiger partial charge in [0.25, 0.3) is 0 Å². The summed E-state index contributed by atoms with van der Waals surface area (Å²) in [5.41, 5.74) is 1.41. The van der Waals surface area contributed by atoms with Crippen molar-refractivity contribution in [2.75, 3.05) is 6.61 Å². The molecule has 150 valence electrons. The Kier molecular flexibility index (Phi) is 6.78. The number of imidazole rings is 1. The summed E-state index contributed by atoms with van der Waals surface area (Å²) in [5, 5.41) is 9.80. The Labute approximate surface area is 177 Å². The van der Waals surface area contributed by atoms with Gasteiger partial charge in [0, 0.05) is 10.9 Å². The van der Waals surface area contributed by atoms with Crippen LogP contribution < -0.4 is 0 Å². The van der Waals surface area contributed by atoms with Crippen molar-refractivity contribution < 1.29 is 19.4 Å². The van der Waals surface area contributed by atoms with Crippen LogP contribution in [0.15, 0.2) is 22.8 Å². The molecule has 28 heavy (non-hydrogen) atoms. The third-order valence-corrected chi connectivity index (χ3v) is 5.88. The normalized spacial score (nSPS) is 14.8. The van der Waals surface area contributed by atoms with E-state index in [-0.39, 0.29) is 24.6 Å². The molecule has 3 rings (SSSR count). The maximum absolute atomic E-state index is 12.4. The van der Waals surface area contributed by atoms with Gasteiger partial charge < -0.3 is 9.84 Å². The van der Waals surface area contributed by atoms with Crippen LogP contribution >= 0.6 is 27.5 Å². The van der Waals surface area contributed by atoms with Gasteiger partial charge in [-0.25, -0.2) is 9.78 Å². The standard InChI is InChI=1S/C20H22BrClN2O4/c1-2-28-20(27)17-18(21)24(19(23-17)12-6-4-3-5-7-12)15-11-14(22)9-8-13(15)10-16(25)26/h8-9,11-12H,2-7,10H2,1H3,(H,25,26). The molecule has 0 spiro atoms. The van der Waals surface area contributed by atoms with Crippen LogP contribution in [0.1, 0.15) is 66.8 Å². The van der Waals surface area contributed by atoms with E-state index in [2.05, 4.69) is 20.9 Å². The van der Waals surface area contributed by atoms with E-state index >= 15 is 0 Å². The second kappa shape index (κ2) is 9.09. The highest BCUT2D eigenvalue weighted by molar-refractivity contribution is 9.10. The zero-order valence-electron chi connectivity index (χ0n) is 15.6. The average molecular weight is 470 g/mol. The van der Waals surface area contributed by atoms with Crippen molar-refractivity contribution in [3.8, 4) is 5.69 Å². The molecule has 1 saturated carbocycles. The summed E-state index contributed by atoms with van der Waals surface area (Å²) < 4.78 is 7.44.